The van der Waals surface area contributed by atoms with Gasteiger partial charge >= 0.3 is 0 Å². The van der Waals surface area contributed by atoms with Crippen LogP contribution in [0.3, 0.4) is 0 Å². The number of benzene rings is 1. The van der Waals surface area contributed by atoms with Crippen molar-refractivity contribution in [3.05, 3.63) is 33.3 Å². The van der Waals surface area contributed by atoms with E-state index in [4.69, 9.17) is 11.6 Å². The van der Waals surface area contributed by atoms with E-state index in [0.717, 1.165) is 16.8 Å². The number of carbonyl (C=O) groups excluding carboxylic acids is 1. The molecular formula is C12H13ClN2O5S. The summed E-state index contributed by atoms with van der Waals surface area (Å²) >= 11 is 5.68. The topological polar surface area (TPSA) is 97.6 Å². The summed E-state index contributed by atoms with van der Waals surface area (Å²) in [5.41, 5.74) is -0.475. The molecule has 9 heteroatoms. The zero-order valence-electron chi connectivity index (χ0n) is 10.9. The van der Waals surface area contributed by atoms with E-state index < -0.39 is 26.7 Å². The quantitative estimate of drug-likeness (QED) is 0.477. The van der Waals surface area contributed by atoms with Gasteiger partial charge in [0.25, 0.3) is 5.69 Å². The summed E-state index contributed by atoms with van der Waals surface area (Å²) in [6, 6.07) is 2.58. The summed E-state index contributed by atoms with van der Waals surface area (Å²) < 4.78 is 26.2. The van der Waals surface area contributed by atoms with Gasteiger partial charge in [-0.3, -0.25) is 10.1 Å². The van der Waals surface area contributed by atoms with Crippen molar-refractivity contribution in [3.63, 3.8) is 0 Å². The van der Waals surface area contributed by atoms with Gasteiger partial charge in [0.2, 0.25) is 10.0 Å². The van der Waals surface area contributed by atoms with E-state index in [2.05, 4.69) is 0 Å². The molecule has 1 unspecified atom stereocenters. The van der Waals surface area contributed by atoms with Crippen molar-refractivity contribution >= 4 is 33.6 Å². The molecular weight excluding hydrogens is 320 g/mol. The Hall–Kier alpha value is -1.51. The predicted octanol–water partition coefficient (Wildman–Crippen LogP) is 1.99. The second-order valence-corrected chi connectivity index (χ2v) is 6.98. The fourth-order valence-corrected chi connectivity index (χ4v) is 4.13. The van der Waals surface area contributed by atoms with E-state index in [1.165, 1.54) is 12.1 Å². The van der Waals surface area contributed by atoms with Crippen LogP contribution in [0.4, 0.5) is 5.69 Å². The number of hydrogen-bond donors (Lipinski definition) is 0. The van der Waals surface area contributed by atoms with Crippen molar-refractivity contribution in [2.45, 2.75) is 30.2 Å². The first kappa shape index (κ1) is 15.9. The van der Waals surface area contributed by atoms with Crippen LogP contribution in [0.1, 0.15) is 19.3 Å². The molecule has 0 aromatic heterocycles. The Bertz CT molecular complexity index is 676. The summed E-state index contributed by atoms with van der Waals surface area (Å²) in [5, 5.41) is 10.7. The standard InChI is InChI=1S/C12H13ClN2O5S/c13-11-5-4-10(7-12(11)15(17)18)21(19,20)14-6-2-1-3-9(14)8-16/h4-5,7-9H,1-3,6H2. The molecule has 1 atom stereocenters. The molecule has 0 radical (unpaired) electrons. The van der Waals surface area contributed by atoms with Crippen molar-refractivity contribution in [1.82, 2.24) is 4.31 Å². The second kappa shape index (κ2) is 6.08. The van der Waals surface area contributed by atoms with Crippen LogP contribution in [0.15, 0.2) is 23.1 Å². The molecule has 0 N–H and O–H groups in total. The molecule has 0 aliphatic carbocycles. The molecule has 1 aliphatic heterocycles. The molecule has 0 spiro atoms. The van der Waals surface area contributed by atoms with Crippen molar-refractivity contribution in [2.75, 3.05) is 6.54 Å². The van der Waals surface area contributed by atoms with Crippen LogP contribution in [0.25, 0.3) is 0 Å². The highest BCUT2D eigenvalue weighted by atomic mass is 35.5. The molecule has 1 aromatic carbocycles. The van der Waals surface area contributed by atoms with Gasteiger partial charge in [-0.1, -0.05) is 18.0 Å². The van der Waals surface area contributed by atoms with Gasteiger partial charge in [0.05, 0.1) is 15.9 Å². The zero-order chi connectivity index (χ0) is 15.6. The van der Waals surface area contributed by atoms with E-state index in [1.54, 1.807) is 0 Å². The van der Waals surface area contributed by atoms with Crippen molar-refractivity contribution in [3.8, 4) is 0 Å². The second-order valence-electron chi connectivity index (χ2n) is 4.69. The number of nitro benzene ring substituents is 1. The van der Waals surface area contributed by atoms with Gasteiger partial charge in [-0.05, 0) is 25.0 Å². The average Bonchev–Trinajstić information content (AvgIpc) is 2.47. The number of hydrogen-bond acceptors (Lipinski definition) is 5. The number of aldehydes is 1. The Labute approximate surface area is 126 Å². The third kappa shape index (κ3) is 3.07. The van der Waals surface area contributed by atoms with E-state index in [1.807, 2.05) is 0 Å². The predicted molar refractivity (Wildman–Crippen MR) is 75.7 cm³/mol. The highest BCUT2D eigenvalue weighted by molar-refractivity contribution is 7.89. The summed E-state index contributed by atoms with van der Waals surface area (Å²) in [5.74, 6) is 0. The number of nitrogens with zero attached hydrogens (tertiary/aromatic N) is 2. The summed E-state index contributed by atoms with van der Waals surface area (Å²) in [6.45, 7) is 0.224. The van der Waals surface area contributed by atoms with Crippen LogP contribution in [0, 0.1) is 10.1 Å². The third-order valence-electron chi connectivity index (χ3n) is 3.38. The normalized spacial score (nSPS) is 20.1. The van der Waals surface area contributed by atoms with Gasteiger partial charge in [0.15, 0.2) is 0 Å². The van der Waals surface area contributed by atoms with Crippen LogP contribution < -0.4 is 0 Å². The molecule has 0 bridgehead atoms. The Balaban J connectivity index is 2.46. The SMILES string of the molecule is O=CC1CCCCN1S(=O)(=O)c1ccc(Cl)c([N+](=O)[O-])c1. The number of rotatable bonds is 4. The van der Waals surface area contributed by atoms with Crippen LogP contribution >= 0.6 is 11.6 Å². The lowest BCUT2D eigenvalue weighted by Gasteiger charge is -2.31. The first-order valence-corrected chi connectivity index (χ1v) is 8.11. The molecule has 1 aliphatic rings. The maximum Gasteiger partial charge on any atom is 0.289 e. The van der Waals surface area contributed by atoms with E-state index in [0.29, 0.717) is 19.1 Å². The average molecular weight is 333 g/mol. The van der Waals surface area contributed by atoms with Gasteiger partial charge in [0, 0.05) is 12.6 Å². The van der Waals surface area contributed by atoms with E-state index in [-0.39, 0.29) is 16.5 Å². The van der Waals surface area contributed by atoms with Gasteiger partial charge in [-0.15, -0.1) is 0 Å². The molecule has 0 amide bonds. The smallest absolute Gasteiger partial charge is 0.289 e. The molecule has 1 heterocycles. The minimum atomic E-state index is -3.96. The maximum absolute atomic E-state index is 12.5. The van der Waals surface area contributed by atoms with E-state index >= 15 is 0 Å². The Morgan fingerprint density at radius 2 is 2.10 bits per heavy atom. The number of carbonyl (C=O) groups is 1. The highest BCUT2D eigenvalue weighted by Gasteiger charge is 2.34. The minimum absolute atomic E-state index is 0.135. The highest BCUT2D eigenvalue weighted by Crippen LogP contribution is 2.30. The lowest BCUT2D eigenvalue weighted by atomic mass is 10.1. The Morgan fingerprint density at radius 1 is 1.38 bits per heavy atom. The van der Waals surface area contributed by atoms with Gasteiger partial charge in [-0.25, -0.2) is 8.42 Å². The molecule has 1 fully saturated rings. The van der Waals surface area contributed by atoms with Gasteiger partial charge in [-0.2, -0.15) is 4.31 Å². The third-order valence-corrected chi connectivity index (χ3v) is 5.62. The summed E-state index contributed by atoms with van der Waals surface area (Å²) in [4.78, 5) is 20.9. The van der Waals surface area contributed by atoms with E-state index in [9.17, 15) is 23.3 Å². The molecule has 114 valence electrons. The van der Waals surface area contributed by atoms with Crippen molar-refractivity contribution < 1.29 is 18.1 Å². The Morgan fingerprint density at radius 3 is 2.71 bits per heavy atom. The van der Waals surface area contributed by atoms with Crippen LogP contribution in [-0.4, -0.2) is 36.5 Å². The van der Waals surface area contributed by atoms with Gasteiger partial charge in [0.1, 0.15) is 11.3 Å². The molecule has 1 saturated heterocycles. The van der Waals surface area contributed by atoms with Crippen LogP contribution in [0.5, 0.6) is 0 Å². The number of piperidine rings is 1. The largest absolute Gasteiger partial charge is 0.302 e. The van der Waals surface area contributed by atoms with Crippen molar-refractivity contribution in [1.29, 1.82) is 0 Å². The van der Waals surface area contributed by atoms with Gasteiger partial charge < -0.3 is 4.79 Å². The Kier molecular flexibility index (Phi) is 4.60. The number of sulfonamides is 1. The van der Waals surface area contributed by atoms with Crippen LogP contribution in [-0.2, 0) is 14.8 Å². The molecule has 0 saturated carbocycles. The molecule has 1 aromatic rings. The first-order valence-electron chi connectivity index (χ1n) is 6.29. The monoisotopic (exact) mass is 332 g/mol. The maximum atomic E-state index is 12.5. The molecule has 7 nitrogen and oxygen atoms in total. The number of halogens is 1. The number of nitro groups is 1. The fraction of sp³-hybridized carbons (Fsp3) is 0.417. The molecule has 21 heavy (non-hydrogen) atoms. The zero-order valence-corrected chi connectivity index (χ0v) is 12.5. The lowest BCUT2D eigenvalue weighted by Crippen LogP contribution is -2.44. The molecule has 2 rings (SSSR count). The van der Waals surface area contributed by atoms with Crippen LogP contribution in [0.2, 0.25) is 5.02 Å². The fourth-order valence-electron chi connectivity index (χ4n) is 2.29. The minimum Gasteiger partial charge on any atom is -0.302 e. The summed E-state index contributed by atoms with van der Waals surface area (Å²) in [7, 11) is -3.96. The lowest BCUT2D eigenvalue weighted by molar-refractivity contribution is -0.384. The summed E-state index contributed by atoms with van der Waals surface area (Å²) in [6.07, 6.45) is 2.48. The first-order chi connectivity index (χ1) is 9.87. The van der Waals surface area contributed by atoms with Crippen molar-refractivity contribution in [2.24, 2.45) is 0 Å².